The third-order valence-corrected chi connectivity index (χ3v) is 3.95. The molecule has 22 heavy (non-hydrogen) atoms. The molecule has 114 valence electrons. The van der Waals surface area contributed by atoms with Crippen LogP contribution >= 0.6 is 0 Å². The van der Waals surface area contributed by atoms with Crippen molar-refractivity contribution in [2.45, 2.75) is 33.6 Å². The molecule has 2 heterocycles. The summed E-state index contributed by atoms with van der Waals surface area (Å²) in [6.45, 7) is 6.25. The van der Waals surface area contributed by atoms with Crippen LogP contribution in [-0.2, 0) is 19.9 Å². The van der Waals surface area contributed by atoms with Gasteiger partial charge >= 0.3 is 0 Å². The summed E-state index contributed by atoms with van der Waals surface area (Å²) in [7, 11) is 1.90. The number of hydrogen-bond donors (Lipinski definition) is 1. The minimum absolute atomic E-state index is 0.741. The molecule has 3 aromatic rings. The van der Waals surface area contributed by atoms with Crippen molar-refractivity contribution >= 4 is 22.5 Å². The number of aryl methyl sites for hydroxylation is 4. The predicted molar refractivity (Wildman–Crippen MR) is 89.5 cm³/mol. The van der Waals surface area contributed by atoms with E-state index in [1.165, 1.54) is 11.1 Å². The van der Waals surface area contributed by atoms with Crippen molar-refractivity contribution in [3.63, 3.8) is 0 Å². The molecule has 0 saturated heterocycles. The van der Waals surface area contributed by atoms with Crippen molar-refractivity contribution in [1.29, 1.82) is 0 Å². The van der Waals surface area contributed by atoms with E-state index in [-0.39, 0.29) is 0 Å². The van der Waals surface area contributed by atoms with Crippen LogP contribution in [0.4, 0.5) is 11.5 Å². The Bertz CT molecular complexity index is 797. The van der Waals surface area contributed by atoms with E-state index >= 15 is 0 Å². The molecule has 0 unspecified atom stereocenters. The molecule has 3 rings (SSSR count). The highest BCUT2D eigenvalue weighted by Crippen LogP contribution is 2.29. The largest absolute Gasteiger partial charge is 0.339 e. The highest BCUT2D eigenvalue weighted by molar-refractivity contribution is 5.89. The first kappa shape index (κ1) is 14.5. The van der Waals surface area contributed by atoms with Crippen LogP contribution in [0, 0.1) is 6.92 Å². The van der Waals surface area contributed by atoms with Gasteiger partial charge in [-0.25, -0.2) is 9.97 Å². The van der Waals surface area contributed by atoms with Gasteiger partial charge in [-0.15, -0.1) is 0 Å². The Kier molecular flexibility index (Phi) is 3.79. The molecule has 0 aliphatic rings. The maximum absolute atomic E-state index is 4.59. The lowest BCUT2D eigenvalue weighted by Crippen LogP contribution is -2.04. The minimum atomic E-state index is 0.741. The first-order chi connectivity index (χ1) is 10.6. The van der Waals surface area contributed by atoms with E-state index in [1.807, 2.05) is 20.2 Å². The molecular formula is C17H21N5. The number of para-hydroxylation sites is 1. The zero-order valence-electron chi connectivity index (χ0n) is 13.5. The molecule has 0 aliphatic carbocycles. The molecule has 2 aromatic heterocycles. The van der Waals surface area contributed by atoms with Crippen LogP contribution in [0.5, 0.6) is 0 Å². The molecule has 0 amide bonds. The van der Waals surface area contributed by atoms with Crippen molar-refractivity contribution in [3.8, 4) is 0 Å². The smallest absolute Gasteiger partial charge is 0.163 e. The second-order valence-corrected chi connectivity index (χ2v) is 5.41. The highest BCUT2D eigenvalue weighted by Gasteiger charge is 2.13. The van der Waals surface area contributed by atoms with E-state index in [0.29, 0.717) is 0 Å². The lowest BCUT2D eigenvalue weighted by Gasteiger charge is -2.15. The van der Waals surface area contributed by atoms with E-state index in [2.05, 4.69) is 52.4 Å². The SMILES string of the molecule is CCc1cccc(CC)c1Nc1nc(C)nc2c1cnn2C. The van der Waals surface area contributed by atoms with Crippen LogP contribution in [0.3, 0.4) is 0 Å². The summed E-state index contributed by atoms with van der Waals surface area (Å²) in [5.74, 6) is 1.57. The van der Waals surface area contributed by atoms with Gasteiger partial charge in [-0.2, -0.15) is 5.10 Å². The zero-order valence-corrected chi connectivity index (χ0v) is 13.5. The van der Waals surface area contributed by atoms with Crippen LogP contribution in [0.15, 0.2) is 24.4 Å². The Morgan fingerprint density at radius 2 is 1.77 bits per heavy atom. The summed E-state index contributed by atoms with van der Waals surface area (Å²) in [5.41, 5.74) is 4.61. The maximum atomic E-state index is 4.59. The fourth-order valence-electron chi connectivity index (χ4n) is 2.75. The molecule has 5 nitrogen and oxygen atoms in total. The minimum Gasteiger partial charge on any atom is -0.339 e. The molecule has 0 aliphatic heterocycles. The Balaban J connectivity index is 2.15. The average molecular weight is 295 g/mol. The Hall–Kier alpha value is -2.43. The molecule has 1 N–H and O–H groups in total. The predicted octanol–water partition coefficient (Wildman–Crippen LogP) is 3.54. The Labute approximate surface area is 130 Å². The topological polar surface area (TPSA) is 55.6 Å². The van der Waals surface area contributed by atoms with Crippen molar-refractivity contribution in [1.82, 2.24) is 19.7 Å². The molecule has 5 heteroatoms. The summed E-state index contributed by atoms with van der Waals surface area (Å²) in [5, 5.41) is 8.78. The van der Waals surface area contributed by atoms with Gasteiger partial charge in [0.25, 0.3) is 0 Å². The van der Waals surface area contributed by atoms with Gasteiger partial charge in [0.15, 0.2) is 5.65 Å². The van der Waals surface area contributed by atoms with Crippen LogP contribution in [0.25, 0.3) is 11.0 Å². The van der Waals surface area contributed by atoms with Crippen LogP contribution in [0.1, 0.15) is 30.8 Å². The number of hydrogen-bond acceptors (Lipinski definition) is 4. The van der Waals surface area contributed by atoms with E-state index in [1.54, 1.807) is 4.68 Å². The van der Waals surface area contributed by atoms with Crippen LogP contribution < -0.4 is 5.32 Å². The molecule has 0 spiro atoms. The van der Waals surface area contributed by atoms with Gasteiger partial charge in [0.05, 0.1) is 11.6 Å². The summed E-state index contributed by atoms with van der Waals surface area (Å²) >= 11 is 0. The standard InChI is InChI=1S/C17H21N5/c1-5-12-8-7-9-13(6-2)15(12)21-16-14-10-18-22(4)17(14)20-11(3)19-16/h7-10H,5-6H2,1-4H3,(H,19,20,21). The third kappa shape index (κ3) is 2.43. The van der Waals surface area contributed by atoms with Gasteiger partial charge in [-0.1, -0.05) is 32.0 Å². The van der Waals surface area contributed by atoms with Gasteiger partial charge in [0.2, 0.25) is 0 Å². The fraction of sp³-hybridized carbons (Fsp3) is 0.353. The van der Waals surface area contributed by atoms with E-state index < -0.39 is 0 Å². The summed E-state index contributed by atoms with van der Waals surface area (Å²) in [4.78, 5) is 9.06. The quantitative estimate of drug-likeness (QED) is 0.800. The van der Waals surface area contributed by atoms with Crippen molar-refractivity contribution in [2.75, 3.05) is 5.32 Å². The summed E-state index contributed by atoms with van der Waals surface area (Å²) < 4.78 is 1.78. The molecule has 0 bridgehead atoms. The first-order valence-electron chi connectivity index (χ1n) is 7.68. The van der Waals surface area contributed by atoms with E-state index in [9.17, 15) is 0 Å². The molecule has 0 fully saturated rings. The average Bonchev–Trinajstić information content (AvgIpc) is 2.89. The summed E-state index contributed by atoms with van der Waals surface area (Å²) in [6, 6.07) is 6.44. The van der Waals surface area contributed by atoms with Crippen molar-refractivity contribution in [3.05, 3.63) is 41.3 Å². The van der Waals surface area contributed by atoms with Gasteiger partial charge < -0.3 is 5.32 Å². The monoisotopic (exact) mass is 295 g/mol. The van der Waals surface area contributed by atoms with Gasteiger partial charge in [0, 0.05) is 12.7 Å². The van der Waals surface area contributed by atoms with Crippen molar-refractivity contribution < 1.29 is 0 Å². The van der Waals surface area contributed by atoms with Gasteiger partial charge in [0.1, 0.15) is 11.6 Å². The second-order valence-electron chi connectivity index (χ2n) is 5.41. The lowest BCUT2D eigenvalue weighted by atomic mass is 10.0. The fourth-order valence-corrected chi connectivity index (χ4v) is 2.75. The van der Waals surface area contributed by atoms with E-state index in [0.717, 1.165) is 41.2 Å². The number of anilines is 2. The number of benzene rings is 1. The molecule has 0 saturated carbocycles. The molecular weight excluding hydrogens is 274 g/mol. The summed E-state index contributed by atoms with van der Waals surface area (Å²) in [6.07, 6.45) is 3.78. The normalized spacial score (nSPS) is 11.1. The molecule has 1 aromatic carbocycles. The number of rotatable bonds is 4. The highest BCUT2D eigenvalue weighted by atomic mass is 15.3. The second kappa shape index (κ2) is 5.75. The van der Waals surface area contributed by atoms with Gasteiger partial charge in [-0.3, -0.25) is 4.68 Å². The molecule has 0 atom stereocenters. The first-order valence-corrected chi connectivity index (χ1v) is 7.68. The number of nitrogens with zero attached hydrogens (tertiary/aromatic N) is 4. The zero-order chi connectivity index (χ0) is 15.7. The van der Waals surface area contributed by atoms with Crippen LogP contribution in [0.2, 0.25) is 0 Å². The van der Waals surface area contributed by atoms with E-state index in [4.69, 9.17) is 0 Å². The Morgan fingerprint density at radius 3 is 2.41 bits per heavy atom. The number of fused-ring (bicyclic) bond motifs is 1. The molecule has 0 radical (unpaired) electrons. The third-order valence-electron chi connectivity index (χ3n) is 3.95. The Morgan fingerprint density at radius 1 is 1.09 bits per heavy atom. The van der Waals surface area contributed by atoms with Crippen molar-refractivity contribution in [2.24, 2.45) is 7.05 Å². The maximum Gasteiger partial charge on any atom is 0.163 e. The van der Waals surface area contributed by atoms with Gasteiger partial charge in [-0.05, 0) is 30.9 Å². The van der Waals surface area contributed by atoms with Crippen LogP contribution in [-0.4, -0.2) is 19.7 Å². The lowest BCUT2D eigenvalue weighted by molar-refractivity contribution is 0.783. The number of nitrogens with one attached hydrogen (secondary N) is 1. The number of aromatic nitrogens is 4.